The number of aromatic nitrogens is 2. The monoisotopic (exact) mass is 493 g/mol. The SMILES string of the molecule is N=C1C(c2nc3ccccc3s2)=C(O)CN1c1cccc(C(=O)NCCc2c[nH]c3ccccc23)c1. The lowest BCUT2D eigenvalue weighted by Crippen LogP contribution is -2.28. The summed E-state index contributed by atoms with van der Waals surface area (Å²) in [7, 11) is 0. The molecule has 7 nitrogen and oxygen atoms in total. The van der Waals surface area contributed by atoms with Gasteiger partial charge in [0.15, 0.2) is 0 Å². The number of hydrogen-bond acceptors (Lipinski definition) is 5. The van der Waals surface area contributed by atoms with Crippen LogP contribution in [0.15, 0.2) is 84.8 Å². The quantitative estimate of drug-likeness (QED) is 0.250. The van der Waals surface area contributed by atoms with Gasteiger partial charge in [0.25, 0.3) is 5.91 Å². The highest BCUT2D eigenvalue weighted by molar-refractivity contribution is 7.19. The maximum Gasteiger partial charge on any atom is 0.251 e. The third kappa shape index (κ3) is 3.91. The number of hydrogen-bond donors (Lipinski definition) is 4. The Morgan fingerprint density at radius 2 is 1.94 bits per heavy atom. The lowest BCUT2D eigenvalue weighted by molar-refractivity contribution is 0.0954. The second-order valence-electron chi connectivity index (χ2n) is 8.66. The van der Waals surface area contributed by atoms with Crippen molar-refractivity contribution in [1.82, 2.24) is 15.3 Å². The molecule has 0 atom stereocenters. The minimum atomic E-state index is -0.175. The van der Waals surface area contributed by atoms with Crippen LogP contribution in [-0.4, -0.2) is 39.9 Å². The van der Waals surface area contributed by atoms with Gasteiger partial charge in [0.2, 0.25) is 0 Å². The van der Waals surface area contributed by atoms with Crippen molar-refractivity contribution in [1.29, 1.82) is 5.41 Å². The fourth-order valence-electron chi connectivity index (χ4n) is 4.57. The smallest absolute Gasteiger partial charge is 0.251 e. The first kappa shape index (κ1) is 22.1. The molecule has 6 rings (SSSR count). The van der Waals surface area contributed by atoms with Crippen LogP contribution in [0.25, 0.3) is 26.7 Å². The number of amidine groups is 1. The molecule has 2 aromatic heterocycles. The molecule has 178 valence electrons. The normalized spacial score (nSPS) is 13.8. The van der Waals surface area contributed by atoms with Crippen molar-refractivity contribution in [2.75, 3.05) is 18.0 Å². The van der Waals surface area contributed by atoms with Gasteiger partial charge in [-0.1, -0.05) is 36.4 Å². The standard InChI is InChI=1S/C28H23N5O2S/c29-26-25(28-32-22-10-3-4-11-24(22)36-28)23(34)16-33(26)19-7-5-6-17(14-19)27(35)30-13-12-18-15-31-21-9-2-1-8-20(18)21/h1-11,14-15,29,31,34H,12-13,16H2,(H,30,35). The highest BCUT2D eigenvalue weighted by atomic mass is 32.1. The lowest BCUT2D eigenvalue weighted by atomic mass is 10.1. The number of aromatic amines is 1. The van der Waals surface area contributed by atoms with Gasteiger partial charge >= 0.3 is 0 Å². The number of fused-ring (bicyclic) bond motifs is 2. The number of anilines is 1. The number of aliphatic hydroxyl groups excluding tert-OH is 1. The van der Waals surface area contributed by atoms with Gasteiger partial charge < -0.3 is 20.3 Å². The van der Waals surface area contributed by atoms with Crippen molar-refractivity contribution in [3.05, 3.63) is 101 Å². The van der Waals surface area contributed by atoms with Gasteiger partial charge in [-0.15, -0.1) is 11.3 Å². The summed E-state index contributed by atoms with van der Waals surface area (Å²) in [5, 5.41) is 24.2. The van der Waals surface area contributed by atoms with Crippen LogP contribution in [0.1, 0.15) is 20.9 Å². The Hall–Kier alpha value is -4.43. The summed E-state index contributed by atoms with van der Waals surface area (Å²) < 4.78 is 1.00. The van der Waals surface area contributed by atoms with E-state index in [2.05, 4.69) is 21.4 Å². The van der Waals surface area contributed by atoms with Gasteiger partial charge in [-0.05, 0) is 48.4 Å². The van der Waals surface area contributed by atoms with E-state index in [1.807, 2.05) is 54.7 Å². The highest BCUT2D eigenvalue weighted by Crippen LogP contribution is 2.35. The van der Waals surface area contributed by atoms with Gasteiger partial charge in [0.1, 0.15) is 16.6 Å². The van der Waals surface area contributed by atoms with Crippen molar-refractivity contribution < 1.29 is 9.90 Å². The van der Waals surface area contributed by atoms with Crippen LogP contribution >= 0.6 is 11.3 Å². The van der Waals surface area contributed by atoms with E-state index >= 15 is 0 Å². The molecule has 0 spiro atoms. The fraction of sp³-hybridized carbons (Fsp3) is 0.107. The van der Waals surface area contributed by atoms with Crippen LogP contribution in [-0.2, 0) is 6.42 Å². The molecule has 0 bridgehead atoms. The van der Waals surface area contributed by atoms with Crippen molar-refractivity contribution in [3.8, 4) is 0 Å². The number of thiazole rings is 1. The van der Waals surface area contributed by atoms with Crippen molar-refractivity contribution >= 4 is 55.5 Å². The molecule has 0 saturated carbocycles. The van der Waals surface area contributed by atoms with Crippen molar-refractivity contribution in [2.45, 2.75) is 6.42 Å². The minimum absolute atomic E-state index is 0.104. The molecule has 5 aromatic rings. The maximum absolute atomic E-state index is 12.9. The lowest BCUT2D eigenvalue weighted by Gasteiger charge is -2.19. The second kappa shape index (κ2) is 8.98. The molecule has 1 aliphatic heterocycles. The predicted octanol–water partition coefficient (Wildman–Crippen LogP) is 5.52. The zero-order valence-electron chi connectivity index (χ0n) is 19.3. The molecular formula is C28H23N5O2S. The molecule has 0 radical (unpaired) electrons. The molecule has 0 aliphatic carbocycles. The number of carbonyl (C=O) groups is 1. The van der Waals surface area contributed by atoms with Gasteiger partial charge in [-0.2, -0.15) is 0 Å². The Morgan fingerprint density at radius 3 is 2.83 bits per heavy atom. The molecule has 0 unspecified atom stereocenters. The molecule has 36 heavy (non-hydrogen) atoms. The van der Waals surface area contributed by atoms with Crippen molar-refractivity contribution in [3.63, 3.8) is 0 Å². The van der Waals surface area contributed by atoms with Crippen LogP contribution in [0.3, 0.4) is 0 Å². The zero-order chi connectivity index (χ0) is 24.6. The molecule has 3 aromatic carbocycles. The number of carbonyl (C=O) groups excluding carboxylic acids is 1. The summed E-state index contributed by atoms with van der Waals surface area (Å²) in [4.78, 5) is 22.4. The molecule has 1 aliphatic rings. The molecule has 1 amide bonds. The fourth-order valence-corrected chi connectivity index (χ4v) is 5.60. The van der Waals surface area contributed by atoms with Crippen LogP contribution in [0.4, 0.5) is 5.69 Å². The topological polar surface area (TPSA) is 105 Å². The Balaban J connectivity index is 1.15. The summed E-state index contributed by atoms with van der Waals surface area (Å²) in [6.07, 6.45) is 2.70. The van der Waals surface area contributed by atoms with Crippen LogP contribution in [0, 0.1) is 5.41 Å². The van der Waals surface area contributed by atoms with E-state index in [0.29, 0.717) is 28.4 Å². The summed E-state index contributed by atoms with van der Waals surface area (Å²) in [6.45, 7) is 0.671. The van der Waals surface area contributed by atoms with Crippen LogP contribution in [0.5, 0.6) is 0 Å². The molecule has 4 N–H and O–H groups in total. The second-order valence-corrected chi connectivity index (χ2v) is 9.69. The first-order valence-corrected chi connectivity index (χ1v) is 12.5. The zero-order valence-corrected chi connectivity index (χ0v) is 20.1. The van der Waals surface area contributed by atoms with E-state index in [1.165, 1.54) is 11.3 Å². The Morgan fingerprint density at radius 1 is 1.11 bits per heavy atom. The van der Waals surface area contributed by atoms with E-state index in [4.69, 9.17) is 5.41 Å². The average Bonchev–Trinajstić information content (AvgIpc) is 3.59. The third-order valence-corrected chi connectivity index (χ3v) is 7.44. The number of nitrogens with zero attached hydrogens (tertiary/aromatic N) is 2. The number of nitrogens with one attached hydrogen (secondary N) is 3. The van der Waals surface area contributed by atoms with E-state index in [0.717, 1.165) is 33.1 Å². The minimum Gasteiger partial charge on any atom is -0.510 e. The summed E-state index contributed by atoms with van der Waals surface area (Å²) in [5.74, 6) is 0.0992. The first-order valence-electron chi connectivity index (χ1n) is 11.7. The molecule has 3 heterocycles. The van der Waals surface area contributed by atoms with E-state index in [-0.39, 0.29) is 24.0 Å². The highest BCUT2D eigenvalue weighted by Gasteiger charge is 2.31. The van der Waals surface area contributed by atoms with Gasteiger partial charge in [-0.3, -0.25) is 10.2 Å². The molecule has 0 fully saturated rings. The number of rotatable bonds is 6. The van der Waals surface area contributed by atoms with Crippen LogP contribution < -0.4 is 10.2 Å². The predicted molar refractivity (Wildman–Crippen MR) is 145 cm³/mol. The van der Waals surface area contributed by atoms with Gasteiger partial charge in [0.05, 0.1) is 22.3 Å². The van der Waals surface area contributed by atoms with Gasteiger partial charge in [-0.25, -0.2) is 4.98 Å². The van der Waals surface area contributed by atoms with E-state index in [1.54, 1.807) is 23.1 Å². The average molecular weight is 494 g/mol. The molecule has 0 saturated heterocycles. The molecular weight excluding hydrogens is 470 g/mol. The summed E-state index contributed by atoms with van der Waals surface area (Å²) in [6, 6.07) is 23.0. The maximum atomic E-state index is 12.9. The Bertz CT molecular complexity index is 1630. The molecule has 8 heteroatoms. The van der Waals surface area contributed by atoms with Crippen LogP contribution in [0.2, 0.25) is 0 Å². The number of aliphatic hydroxyl groups is 1. The number of amides is 1. The van der Waals surface area contributed by atoms with E-state index in [9.17, 15) is 9.90 Å². The summed E-state index contributed by atoms with van der Waals surface area (Å²) in [5.41, 5.74) is 4.70. The number of para-hydroxylation sites is 2. The first-order chi connectivity index (χ1) is 17.6. The Labute approximate surface area is 211 Å². The number of benzene rings is 3. The van der Waals surface area contributed by atoms with Crippen molar-refractivity contribution in [2.24, 2.45) is 0 Å². The van der Waals surface area contributed by atoms with Gasteiger partial charge in [0, 0.05) is 34.9 Å². The largest absolute Gasteiger partial charge is 0.510 e. The summed E-state index contributed by atoms with van der Waals surface area (Å²) >= 11 is 1.45. The van der Waals surface area contributed by atoms with E-state index < -0.39 is 0 Å². The number of H-pyrrole nitrogens is 1. The Kier molecular flexibility index (Phi) is 5.50. The third-order valence-electron chi connectivity index (χ3n) is 6.39.